The van der Waals surface area contributed by atoms with Gasteiger partial charge in [-0.1, -0.05) is 11.6 Å². The Morgan fingerprint density at radius 2 is 1.89 bits per heavy atom. The SMILES string of the molecule is O=C(CN1CC2(CCOCC2)Oc2ccc(Cl)cc2C1=O)N1CCCCC1. The number of benzene rings is 1. The first-order chi connectivity index (χ1) is 13.1. The van der Waals surface area contributed by atoms with Gasteiger partial charge in [-0.2, -0.15) is 0 Å². The van der Waals surface area contributed by atoms with Crippen molar-refractivity contribution >= 4 is 23.4 Å². The van der Waals surface area contributed by atoms with E-state index in [0.29, 0.717) is 48.9 Å². The third-order valence-electron chi connectivity index (χ3n) is 5.70. The van der Waals surface area contributed by atoms with Crippen LogP contribution in [0.1, 0.15) is 42.5 Å². The molecule has 146 valence electrons. The van der Waals surface area contributed by atoms with Gasteiger partial charge in [0.2, 0.25) is 5.91 Å². The van der Waals surface area contributed by atoms with Crippen molar-refractivity contribution in [3.63, 3.8) is 0 Å². The monoisotopic (exact) mass is 392 g/mol. The van der Waals surface area contributed by atoms with Crippen molar-refractivity contribution in [1.82, 2.24) is 9.80 Å². The highest BCUT2D eigenvalue weighted by Gasteiger charge is 2.42. The first-order valence-corrected chi connectivity index (χ1v) is 10.1. The highest BCUT2D eigenvalue weighted by molar-refractivity contribution is 6.31. The normalized spacial score (nSPS) is 22.2. The molecule has 7 heteroatoms. The summed E-state index contributed by atoms with van der Waals surface area (Å²) in [4.78, 5) is 29.5. The third kappa shape index (κ3) is 3.92. The van der Waals surface area contributed by atoms with Crippen LogP contribution in [0.4, 0.5) is 0 Å². The average molecular weight is 393 g/mol. The topological polar surface area (TPSA) is 59.1 Å². The Bertz CT molecular complexity index is 727. The highest BCUT2D eigenvalue weighted by atomic mass is 35.5. The Labute approximate surface area is 164 Å². The number of likely N-dealkylation sites (tertiary alicyclic amines) is 1. The molecule has 0 N–H and O–H groups in total. The molecule has 27 heavy (non-hydrogen) atoms. The van der Waals surface area contributed by atoms with Crippen LogP contribution in [0, 0.1) is 0 Å². The average Bonchev–Trinajstić information content (AvgIpc) is 2.79. The molecule has 1 aromatic rings. The molecule has 2 amide bonds. The third-order valence-corrected chi connectivity index (χ3v) is 5.94. The van der Waals surface area contributed by atoms with Gasteiger partial charge >= 0.3 is 0 Å². The summed E-state index contributed by atoms with van der Waals surface area (Å²) in [6.07, 6.45) is 4.60. The lowest BCUT2D eigenvalue weighted by atomic mass is 9.93. The van der Waals surface area contributed by atoms with Crippen molar-refractivity contribution < 1.29 is 19.1 Å². The highest BCUT2D eigenvalue weighted by Crippen LogP contribution is 2.36. The quantitative estimate of drug-likeness (QED) is 0.776. The number of fused-ring (bicyclic) bond motifs is 1. The molecule has 4 rings (SSSR count). The van der Waals surface area contributed by atoms with Crippen LogP contribution in [0.5, 0.6) is 5.75 Å². The molecule has 2 fully saturated rings. The van der Waals surface area contributed by atoms with E-state index in [4.69, 9.17) is 21.1 Å². The van der Waals surface area contributed by atoms with E-state index in [2.05, 4.69) is 0 Å². The second kappa shape index (κ2) is 7.68. The molecule has 0 atom stereocenters. The molecule has 0 bridgehead atoms. The van der Waals surface area contributed by atoms with Gasteiger partial charge < -0.3 is 19.3 Å². The number of ether oxygens (including phenoxy) is 2. The zero-order valence-electron chi connectivity index (χ0n) is 15.4. The van der Waals surface area contributed by atoms with E-state index in [1.165, 1.54) is 0 Å². The van der Waals surface area contributed by atoms with E-state index < -0.39 is 5.60 Å². The fourth-order valence-corrected chi connectivity index (χ4v) is 4.32. The van der Waals surface area contributed by atoms with Crippen molar-refractivity contribution in [3.8, 4) is 5.75 Å². The summed E-state index contributed by atoms with van der Waals surface area (Å²) in [6.45, 7) is 3.20. The second-order valence-corrected chi connectivity index (χ2v) is 8.08. The maximum atomic E-state index is 13.2. The molecular formula is C20H25ClN2O4. The van der Waals surface area contributed by atoms with Crippen LogP contribution >= 0.6 is 11.6 Å². The van der Waals surface area contributed by atoms with Crippen LogP contribution in [-0.4, -0.2) is 66.6 Å². The largest absolute Gasteiger partial charge is 0.484 e. The van der Waals surface area contributed by atoms with Crippen LogP contribution in [-0.2, 0) is 9.53 Å². The summed E-state index contributed by atoms with van der Waals surface area (Å²) in [6, 6.07) is 5.12. The number of carbonyl (C=O) groups is 2. The van der Waals surface area contributed by atoms with Gasteiger partial charge in [-0.15, -0.1) is 0 Å². The Morgan fingerprint density at radius 1 is 1.15 bits per heavy atom. The zero-order chi connectivity index (χ0) is 18.9. The summed E-state index contributed by atoms with van der Waals surface area (Å²) in [5.41, 5.74) is -0.0906. The van der Waals surface area contributed by atoms with E-state index in [1.807, 2.05) is 4.90 Å². The lowest BCUT2D eigenvalue weighted by Crippen LogP contribution is -2.53. The van der Waals surface area contributed by atoms with Crippen LogP contribution in [0.3, 0.4) is 0 Å². The van der Waals surface area contributed by atoms with Crippen molar-refractivity contribution in [1.29, 1.82) is 0 Å². The summed E-state index contributed by atoms with van der Waals surface area (Å²) in [5, 5.41) is 0.482. The number of carbonyl (C=O) groups excluding carboxylic acids is 2. The van der Waals surface area contributed by atoms with E-state index in [0.717, 1.165) is 32.4 Å². The van der Waals surface area contributed by atoms with E-state index in [-0.39, 0.29) is 18.4 Å². The number of rotatable bonds is 2. The first-order valence-electron chi connectivity index (χ1n) is 9.70. The molecule has 0 aliphatic carbocycles. The number of amides is 2. The molecular weight excluding hydrogens is 368 g/mol. The van der Waals surface area contributed by atoms with Crippen LogP contribution in [0.25, 0.3) is 0 Å². The molecule has 0 radical (unpaired) electrons. The minimum Gasteiger partial charge on any atom is -0.484 e. The maximum Gasteiger partial charge on any atom is 0.258 e. The minimum atomic E-state index is -0.519. The van der Waals surface area contributed by atoms with E-state index in [9.17, 15) is 9.59 Å². The minimum absolute atomic E-state index is 0.00994. The van der Waals surface area contributed by atoms with E-state index in [1.54, 1.807) is 23.1 Å². The van der Waals surface area contributed by atoms with Crippen LogP contribution in [0.15, 0.2) is 18.2 Å². The van der Waals surface area contributed by atoms with Gasteiger partial charge in [0, 0.05) is 31.0 Å². The van der Waals surface area contributed by atoms with Crippen molar-refractivity contribution in [2.75, 3.05) is 39.4 Å². The van der Waals surface area contributed by atoms with Crippen molar-refractivity contribution in [2.45, 2.75) is 37.7 Å². The second-order valence-electron chi connectivity index (χ2n) is 7.64. The fourth-order valence-electron chi connectivity index (χ4n) is 4.15. The molecule has 0 unspecified atom stereocenters. The molecule has 0 saturated carbocycles. The smallest absolute Gasteiger partial charge is 0.258 e. The Kier molecular flexibility index (Phi) is 5.28. The summed E-state index contributed by atoms with van der Waals surface area (Å²) >= 11 is 6.13. The van der Waals surface area contributed by atoms with Gasteiger partial charge in [0.25, 0.3) is 5.91 Å². The number of hydrogen-bond acceptors (Lipinski definition) is 4. The summed E-state index contributed by atoms with van der Waals surface area (Å²) in [5.74, 6) is 0.358. The van der Waals surface area contributed by atoms with Gasteiger partial charge in [-0.05, 0) is 37.5 Å². The van der Waals surface area contributed by atoms with E-state index >= 15 is 0 Å². The number of nitrogens with zero attached hydrogens (tertiary/aromatic N) is 2. The molecule has 1 spiro atoms. The Hall–Kier alpha value is -1.79. The number of hydrogen-bond donors (Lipinski definition) is 0. The van der Waals surface area contributed by atoms with Gasteiger partial charge in [0.15, 0.2) is 0 Å². The lowest BCUT2D eigenvalue weighted by Gasteiger charge is -2.39. The molecule has 6 nitrogen and oxygen atoms in total. The first kappa shape index (κ1) is 18.6. The Morgan fingerprint density at radius 3 is 2.63 bits per heavy atom. The molecule has 3 aliphatic heterocycles. The van der Waals surface area contributed by atoms with Gasteiger partial charge in [0.1, 0.15) is 17.9 Å². The summed E-state index contributed by atoms with van der Waals surface area (Å²) in [7, 11) is 0. The zero-order valence-corrected chi connectivity index (χ0v) is 16.2. The molecule has 2 saturated heterocycles. The van der Waals surface area contributed by atoms with Crippen LogP contribution in [0.2, 0.25) is 5.02 Å². The fraction of sp³-hybridized carbons (Fsp3) is 0.600. The predicted molar refractivity (Wildman–Crippen MR) is 101 cm³/mol. The Balaban J connectivity index is 1.62. The predicted octanol–water partition coefficient (Wildman–Crippen LogP) is 2.74. The molecule has 3 aliphatic rings. The maximum absolute atomic E-state index is 13.2. The number of halogens is 1. The molecule has 3 heterocycles. The van der Waals surface area contributed by atoms with Gasteiger partial charge in [0.05, 0.1) is 25.3 Å². The standard InChI is InChI=1S/C20H25ClN2O4/c21-15-4-5-17-16(12-15)19(25)23(13-18(24)22-8-2-1-3-9-22)14-20(27-17)6-10-26-11-7-20/h4-5,12H,1-3,6-11,13-14H2. The lowest BCUT2D eigenvalue weighted by molar-refractivity contribution is -0.133. The van der Waals surface area contributed by atoms with Gasteiger partial charge in [-0.3, -0.25) is 9.59 Å². The van der Waals surface area contributed by atoms with Gasteiger partial charge in [-0.25, -0.2) is 0 Å². The van der Waals surface area contributed by atoms with Crippen LogP contribution < -0.4 is 4.74 Å². The van der Waals surface area contributed by atoms with Crippen molar-refractivity contribution in [3.05, 3.63) is 28.8 Å². The number of piperidine rings is 1. The molecule has 0 aromatic heterocycles. The van der Waals surface area contributed by atoms with Crippen molar-refractivity contribution in [2.24, 2.45) is 0 Å². The molecule has 1 aromatic carbocycles. The summed E-state index contributed by atoms with van der Waals surface area (Å²) < 4.78 is 11.8.